The molecule has 0 atom stereocenters. The molecule has 4 nitrogen and oxygen atoms in total. The average Bonchev–Trinajstić information content (AvgIpc) is 3.04. The molecule has 0 N–H and O–H groups in total. The number of amidine groups is 1. The highest BCUT2D eigenvalue weighted by Gasteiger charge is 2.34. The van der Waals surface area contributed by atoms with E-state index in [0.717, 1.165) is 34.4 Å². The summed E-state index contributed by atoms with van der Waals surface area (Å²) in [6, 6.07) is 5.32. The Balaban J connectivity index is 0.00000192. The largest absolute Gasteiger partial charge is 0.337 e. The van der Waals surface area contributed by atoms with Crippen molar-refractivity contribution in [2.75, 3.05) is 20.1 Å². The van der Waals surface area contributed by atoms with Gasteiger partial charge in [-0.2, -0.15) is 0 Å². The maximum atomic E-state index is 12.7. The van der Waals surface area contributed by atoms with Crippen molar-refractivity contribution in [3.8, 4) is 0 Å². The molecule has 0 spiro atoms. The van der Waals surface area contributed by atoms with Gasteiger partial charge in [0.1, 0.15) is 0 Å². The molecule has 0 saturated carbocycles. The highest BCUT2D eigenvalue weighted by atomic mass is 35.5. The highest BCUT2D eigenvalue weighted by molar-refractivity contribution is 8.18. The number of fused-ring (bicyclic) bond motifs is 1. The van der Waals surface area contributed by atoms with Crippen molar-refractivity contribution in [3.05, 3.63) is 44.4 Å². The fraction of sp³-hybridized carbons (Fsp3) is 0.333. The van der Waals surface area contributed by atoms with Gasteiger partial charge in [0.2, 0.25) is 0 Å². The lowest BCUT2D eigenvalue weighted by molar-refractivity contribution is -0.125. The normalized spacial score (nSPS) is 16.2. The number of nitrogens with zero attached hydrogens (tertiary/aromatic N) is 3. The Hall–Kier alpha value is -0.880. The summed E-state index contributed by atoms with van der Waals surface area (Å²) in [6.45, 7) is 4.07. The fourth-order valence-electron chi connectivity index (χ4n) is 2.46. The number of halogens is 3. The Morgan fingerprint density at radius 3 is 2.83 bits per heavy atom. The van der Waals surface area contributed by atoms with Crippen LogP contribution in [0.25, 0.3) is 0 Å². The van der Waals surface area contributed by atoms with Crippen LogP contribution in [0.2, 0.25) is 10.0 Å². The Morgan fingerprint density at radius 2 is 2.17 bits per heavy atom. The third kappa shape index (κ3) is 3.63. The summed E-state index contributed by atoms with van der Waals surface area (Å²) < 4.78 is 0. The van der Waals surface area contributed by atoms with Gasteiger partial charge in [-0.25, -0.2) is 0 Å². The lowest BCUT2D eigenvalue weighted by atomic mass is 10.2. The molecule has 2 aliphatic heterocycles. The number of allylic oxidation sites excluding steroid dienone is 1. The SMILES string of the molecule is CC1=C(C(=O)N(C)Cc2ccc(Cl)cc2Cl)SC2=NCCN21.Cl. The molecule has 1 amide bonds. The minimum Gasteiger partial charge on any atom is -0.337 e. The molecule has 124 valence electrons. The molecule has 0 aliphatic carbocycles. The van der Waals surface area contributed by atoms with Gasteiger partial charge in [0.25, 0.3) is 5.91 Å². The van der Waals surface area contributed by atoms with E-state index in [9.17, 15) is 4.79 Å². The average molecular weight is 393 g/mol. The lowest BCUT2D eigenvalue weighted by Crippen LogP contribution is -2.27. The molecular weight excluding hydrogens is 377 g/mol. The predicted molar refractivity (Wildman–Crippen MR) is 99.5 cm³/mol. The molecule has 0 radical (unpaired) electrons. The molecule has 0 saturated heterocycles. The first-order valence-corrected chi connectivity index (χ1v) is 8.44. The molecule has 3 rings (SSSR count). The van der Waals surface area contributed by atoms with Gasteiger partial charge >= 0.3 is 0 Å². The van der Waals surface area contributed by atoms with Gasteiger partial charge in [-0.05, 0) is 36.4 Å². The molecule has 0 aromatic heterocycles. The number of likely N-dealkylation sites (N-methyl/N-ethyl adjacent to an activating group) is 1. The van der Waals surface area contributed by atoms with Crippen LogP contribution in [0.1, 0.15) is 12.5 Å². The Morgan fingerprint density at radius 1 is 1.43 bits per heavy atom. The second-order valence-electron chi connectivity index (χ2n) is 5.23. The number of aliphatic imine (C=N–C) groups is 1. The van der Waals surface area contributed by atoms with E-state index in [4.69, 9.17) is 23.2 Å². The summed E-state index contributed by atoms with van der Waals surface area (Å²) in [5.41, 5.74) is 1.86. The molecule has 8 heteroatoms. The standard InChI is InChI=1S/C15H15Cl2N3OS.ClH/c1-9-13(22-15-18-5-6-20(9)15)14(21)19(2)8-10-3-4-11(16)7-12(10)17;/h3-4,7H,5-6,8H2,1-2H3;1H. The van der Waals surface area contributed by atoms with Crippen molar-refractivity contribution in [3.63, 3.8) is 0 Å². The van der Waals surface area contributed by atoms with Crippen LogP contribution in [-0.2, 0) is 11.3 Å². The van der Waals surface area contributed by atoms with E-state index in [1.807, 2.05) is 13.0 Å². The van der Waals surface area contributed by atoms with E-state index < -0.39 is 0 Å². The predicted octanol–water partition coefficient (Wildman–Crippen LogP) is 4.02. The zero-order valence-electron chi connectivity index (χ0n) is 12.7. The topological polar surface area (TPSA) is 35.9 Å². The van der Waals surface area contributed by atoms with Crippen LogP contribution in [0.3, 0.4) is 0 Å². The summed E-state index contributed by atoms with van der Waals surface area (Å²) in [4.78, 5) is 21.6. The van der Waals surface area contributed by atoms with Crippen LogP contribution in [0.4, 0.5) is 0 Å². The Bertz CT molecular complexity index is 705. The zero-order valence-corrected chi connectivity index (χ0v) is 15.8. The zero-order chi connectivity index (χ0) is 15.9. The van der Waals surface area contributed by atoms with Crippen molar-refractivity contribution < 1.29 is 4.79 Å². The number of carbonyl (C=O) groups excluding carboxylic acids is 1. The van der Waals surface area contributed by atoms with E-state index in [1.54, 1.807) is 24.1 Å². The monoisotopic (exact) mass is 391 g/mol. The van der Waals surface area contributed by atoms with Gasteiger partial charge in [-0.15, -0.1) is 12.4 Å². The summed E-state index contributed by atoms with van der Waals surface area (Å²) >= 11 is 13.5. The molecule has 1 aromatic carbocycles. The van der Waals surface area contributed by atoms with Crippen LogP contribution in [0.5, 0.6) is 0 Å². The number of rotatable bonds is 3. The number of thioether (sulfide) groups is 1. The van der Waals surface area contributed by atoms with Crippen LogP contribution < -0.4 is 0 Å². The summed E-state index contributed by atoms with van der Waals surface area (Å²) in [5, 5.41) is 2.09. The highest BCUT2D eigenvalue weighted by Crippen LogP contribution is 2.37. The quantitative estimate of drug-likeness (QED) is 0.779. The van der Waals surface area contributed by atoms with Crippen LogP contribution in [0, 0.1) is 0 Å². The summed E-state index contributed by atoms with van der Waals surface area (Å²) in [5.74, 6) is -0.00869. The van der Waals surface area contributed by atoms with Gasteiger partial charge < -0.3 is 9.80 Å². The van der Waals surface area contributed by atoms with E-state index >= 15 is 0 Å². The first-order valence-electron chi connectivity index (χ1n) is 6.87. The maximum absolute atomic E-state index is 12.7. The summed E-state index contributed by atoms with van der Waals surface area (Å²) in [7, 11) is 1.78. The second kappa shape index (κ2) is 7.34. The van der Waals surface area contributed by atoms with Crippen LogP contribution in [0.15, 0.2) is 33.8 Å². The molecule has 2 aliphatic rings. The third-order valence-corrected chi connectivity index (χ3v) is 5.49. The third-order valence-electron chi connectivity index (χ3n) is 3.69. The maximum Gasteiger partial charge on any atom is 0.262 e. The Kier molecular flexibility index (Phi) is 5.89. The van der Waals surface area contributed by atoms with E-state index in [1.165, 1.54) is 11.8 Å². The van der Waals surface area contributed by atoms with Gasteiger partial charge in [0.05, 0.1) is 11.4 Å². The van der Waals surface area contributed by atoms with Gasteiger partial charge in [-0.3, -0.25) is 9.79 Å². The van der Waals surface area contributed by atoms with Crippen LogP contribution >= 0.6 is 47.4 Å². The number of hydrogen-bond acceptors (Lipinski definition) is 4. The summed E-state index contributed by atoms with van der Waals surface area (Å²) in [6.07, 6.45) is 0. The van der Waals surface area contributed by atoms with Gasteiger partial charge in [0, 0.05) is 35.9 Å². The van der Waals surface area contributed by atoms with E-state index in [0.29, 0.717) is 16.6 Å². The number of benzene rings is 1. The number of hydrogen-bond donors (Lipinski definition) is 0. The fourth-order valence-corrected chi connectivity index (χ4v) is 4.11. The van der Waals surface area contributed by atoms with Crippen LogP contribution in [-0.4, -0.2) is 41.0 Å². The lowest BCUT2D eigenvalue weighted by Gasteiger charge is -2.19. The first-order chi connectivity index (χ1) is 10.5. The smallest absolute Gasteiger partial charge is 0.262 e. The molecular formula is C15H16Cl3N3OS. The van der Waals surface area contributed by atoms with Crippen molar-refractivity contribution in [2.45, 2.75) is 13.5 Å². The Labute approximate surface area is 155 Å². The molecule has 2 heterocycles. The van der Waals surface area contributed by atoms with Crippen molar-refractivity contribution in [1.29, 1.82) is 0 Å². The molecule has 0 bridgehead atoms. The second-order valence-corrected chi connectivity index (χ2v) is 7.05. The van der Waals surface area contributed by atoms with Gasteiger partial charge in [0.15, 0.2) is 5.17 Å². The van der Waals surface area contributed by atoms with E-state index in [-0.39, 0.29) is 18.3 Å². The molecule has 23 heavy (non-hydrogen) atoms. The number of carbonyl (C=O) groups is 1. The van der Waals surface area contributed by atoms with E-state index in [2.05, 4.69) is 9.89 Å². The minimum absolute atomic E-state index is 0. The minimum atomic E-state index is -0.00869. The molecule has 0 unspecified atom stereocenters. The number of amides is 1. The van der Waals surface area contributed by atoms with Crippen molar-refractivity contribution in [1.82, 2.24) is 9.80 Å². The van der Waals surface area contributed by atoms with Crippen molar-refractivity contribution in [2.24, 2.45) is 4.99 Å². The first kappa shape index (κ1) is 18.5. The van der Waals surface area contributed by atoms with Crippen molar-refractivity contribution >= 4 is 58.4 Å². The molecule has 1 aromatic rings. The van der Waals surface area contributed by atoms with Gasteiger partial charge in [-0.1, -0.05) is 29.3 Å². The molecule has 0 fully saturated rings.